The average Bonchev–Trinajstić information content (AvgIpc) is 2.88. The van der Waals surface area contributed by atoms with E-state index >= 15 is 0 Å². The van der Waals surface area contributed by atoms with Crippen LogP contribution < -0.4 is 10.9 Å². The first-order valence-corrected chi connectivity index (χ1v) is 8.09. The van der Waals surface area contributed by atoms with Crippen molar-refractivity contribution in [3.05, 3.63) is 52.7 Å². The standard InChI is InChI=1S/C18H21N3O4/c1-10-14-12(22)8-18(2,3)9-13(14)25-15(10)17(24)21-20-16(23)11-4-6-19-7-5-11/h4-7,12,22H,8-9H2,1-3H3,(H,20,23)(H,21,24). The zero-order chi connectivity index (χ0) is 18.2. The summed E-state index contributed by atoms with van der Waals surface area (Å²) in [5.74, 6) is -0.270. The molecule has 1 aliphatic rings. The van der Waals surface area contributed by atoms with Crippen molar-refractivity contribution in [1.82, 2.24) is 15.8 Å². The number of hydrazine groups is 1. The van der Waals surface area contributed by atoms with Crippen LogP contribution in [0, 0.1) is 12.3 Å². The zero-order valence-corrected chi connectivity index (χ0v) is 14.4. The third kappa shape index (κ3) is 3.41. The van der Waals surface area contributed by atoms with E-state index in [-0.39, 0.29) is 11.2 Å². The van der Waals surface area contributed by atoms with Crippen LogP contribution >= 0.6 is 0 Å². The number of rotatable bonds is 2. The van der Waals surface area contributed by atoms with E-state index in [1.165, 1.54) is 24.5 Å². The molecule has 0 spiro atoms. The number of furan rings is 1. The minimum atomic E-state index is -0.657. The van der Waals surface area contributed by atoms with Crippen LogP contribution in [0.1, 0.15) is 64.2 Å². The summed E-state index contributed by atoms with van der Waals surface area (Å²) >= 11 is 0. The van der Waals surface area contributed by atoms with E-state index in [4.69, 9.17) is 4.42 Å². The summed E-state index contributed by atoms with van der Waals surface area (Å²) in [4.78, 5) is 28.2. The summed E-state index contributed by atoms with van der Waals surface area (Å²) in [5.41, 5.74) is 6.26. The maximum atomic E-state index is 12.4. The molecule has 1 atom stereocenters. The van der Waals surface area contributed by atoms with E-state index in [2.05, 4.69) is 15.8 Å². The van der Waals surface area contributed by atoms with Gasteiger partial charge in [-0.25, -0.2) is 0 Å². The molecule has 2 amide bonds. The van der Waals surface area contributed by atoms with Crippen molar-refractivity contribution >= 4 is 11.8 Å². The third-order valence-electron chi connectivity index (χ3n) is 4.43. The Hall–Kier alpha value is -2.67. The number of hydrogen-bond acceptors (Lipinski definition) is 5. The van der Waals surface area contributed by atoms with Crippen molar-refractivity contribution in [2.24, 2.45) is 5.41 Å². The van der Waals surface area contributed by atoms with Crippen LogP contribution in [0.25, 0.3) is 0 Å². The summed E-state index contributed by atoms with van der Waals surface area (Å²) in [6.07, 6.45) is 3.59. The number of aromatic nitrogens is 1. The number of hydrogen-bond donors (Lipinski definition) is 3. The monoisotopic (exact) mass is 343 g/mol. The highest BCUT2D eigenvalue weighted by molar-refractivity contribution is 5.98. The molecule has 2 heterocycles. The molecule has 2 aromatic heterocycles. The normalized spacial score (nSPS) is 18.3. The number of carbonyl (C=O) groups excluding carboxylic acids is 2. The fourth-order valence-electron chi connectivity index (χ4n) is 3.25. The van der Waals surface area contributed by atoms with Gasteiger partial charge in [-0.15, -0.1) is 0 Å². The smallest absolute Gasteiger partial charge is 0.305 e. The summed E-state index contributed by atoms with van der Waals surface area (Å²) in [6, 6.07) is 3.08. The van der Waals surface area contributed by atoms with Crippen LogP contribution in [0.5, 0.6) is 0 Å². The Kier molecular flexibility index (Phi) is 4.34. The molecule has 7 nitrogen and oxygen atoms in total. The quantitative estimate of drug-likeness (QED) is 0.724. The number of amides is 2. The fourth-order valence-corrected chi connectivity index (χ4v) is 3.25. The predicted octanol–water partition coefficient (Wildman–Crippen LogP) is 2.06. The van der Waals surface area contributed by atoms with E-state index in [0.29, 0.717) is 35.3 Å². The van der Waals surface area contributed by atoms with Gasteiger partial charge in [-0.3, -0.25) is 25.4 Å². The molecule has 25 heavy (non-hydrogen) atoms. The number of fused-ring (bicyclic) bond motifs is 1. The average molecular weight is 343 g/mol. The number of aliphatic hydroxyl groups excluding tert-OH is 1. The van der Waals surface area contributed by atoms with Gasteiger partial charge >= 0.3 is 5.91 Å². The Bertz CT molecular complexity index is 811. The summed E-state index contributed by atoms with van der Waals surface area (Å²) in [5, 5.41) is 10.4. The van der Waals surface area contributed by atoms with Gasteiger partial charge < -0.3 is 9.52 Å². The second kappa shape index (κ2) is 6.33. The van der Waals surface area contributed by atoms with Crippen molar-refractivity contribution in [1.29, 1.82) is 0 Å². The number of nitrogens with zero attached hydrogens (tertiary/aromatic N) is 1. The Morgan fingerprint density at radius 1 is 1.24 bits per heavy atom. The lowest BCUT2D eigenvalue weighted by Gasteiger charge is -2.31. The molecular weight excluding hydrogens is 322 g/mol. The second-order valence-electron chi connectivity index (χ2n) is 7.10. The summed E-state index contributed by atoms with van der Waals surface area (Å²) < 4.78 is 5.71. The van der Waals surface area contributed by atoms with Gasteiger partial charge in [0.25, 0.3) is 5.91 Å². The number of aliphatic hydroxyl groups is 1. The Morgan fingerprint density at radius 3 is 2.56 bits per heavy atom. The number of nitrogens with one attached hydrogen (secondary N) is 2. The highest BCUT2D eigenvalue weighted by atomic mass is 16.4. The SMILES string of the molecule is Cc1c(C(=O)NNC(=O)c2ccncc2)oc2c1C(O)CC(C)(C)C2. The highest BCUT2D eigenvalue weighted by Gasteiger charge is 2.37. The maximum absolute atomic E-state index is 12.4. The van der Waals surface area contributed by atoms with Crippen molar-refractivity contribution in [2.45, 2.75) is 39.7 Å². The molecule has 0 radical (unpaired) electrons. The van der Waals surface area contributed by atoms with Gasteiger partial charge in [0.1, 0.15) is 5.76 Å². The fraction of sp³-hybridized carbons (Fsp3) is 0.389. The minimum absolute atomic E-state index is 0.0972. The van der Waals surface area contributed by atoms with Gasteiger partial charge in [0.2, 0.25) is 0 Å². The molecule has 0 aliphatic heterocycles. The van der Waals surface area contributed by atoms with E-state index in [9.17, 15) is 14.7 Å². The van der Waals surface area contributed by atoms with E-state index < -0.39 is 17.9 Å². The van der Waals surface area contributed by atoms with E-state index in [1.54, 1.807) is 6.92 Å². The van der Waals surface area contributed by atoms with Crippen LogP contribution in [0.4, 0.5) is 0 Å². The molecule has 3 N–H and O–H groups in total. The molecule has 1 unspecified atom stereocenters. The lowest BCUT2D eigenvalue weighted by molar-refractivity contribution is 0.0822. The van der Waals surface area contributed by atoms with Crippen LogP contribution in [-0.4, -0.2) is 21.9 Å². The van der Waals surface area contributed by atoms with Crippen molar-refractivity contribution in [2.75, 3.05) is 0 Å². The first kappa shape index (κ1) is 17.2. The molecule has 0 saturated heterocycles. The van der Waals surface area contributed by atoms with E-state index in [0.717, 1.165) is 0 Å². The van der Waals surface area contributed by atoms with Crippen LogP contribution in [-0.2, 0) is 6.42 Å². The zero-order valence-electron chi connectivity index (χ0n) is 14.4. The first-order valence-electron chi connectivity index (χ1n) is 8.09. The second-order valence-corrected chi connectivity index (χ2v) is 7.10. The van der Waals surface area contributed by atoms with Crippen molar-refractivity contribution in [3.63, 3.8) is 0 Å². The molecule has 0 saturated carbocycles. The molecular formula is C18H21N3O4. The lowest BCUT2D eigenvalue weighted by Crippen LogP contribution is -2.41. The van der Waals surface area contributed by atoms with E-state index in [1.807, 2.05) is 13.8 Å². The van der Waals surface area contributed by atoms with Gasteiger partial charge in [0, 0.05) is 35.5 Å². The largest absolute Gasteiger partial charge is 0.455 e. The van der Waals surface area contributed by atoms with Gasteiger partial charge in [-0.1, -0.05) is 13.8 Å². The number of pyridine rings is 1. The Labute approximate surface area is 145 Å². The van der Waals surface area contributed by atoms with Gasteiger partial charge in [-0.2, -0.15) is 0 Å². The highest BCUT2D eigenvalue weighted by Crippen LogP contribution is 2.43. The molecule has 1 aliphatic carbocycles. The van der Waals surface area contributed by atoms with Gasteiger partial charge in [0.05, 0.1) is 6.10 Å². The first-order chi connectivity index (χ1) is 11.8. The molecule has 132 valence electrons. The maximum Gasteiger partial charge on any atom is 0.305 e. The van der Waals surface area contributed by atoms with Gasteiger partial charge in [0.15, 0.2) is 5.76 Å². The topological polar surface area (TPSA) is 104 Å². The molecule has 7 heteroatoms. The van der Waals surface area contributed by atoms with Crippen molar-refractivity contribution < 1.29 is 19.1 Å². The van der Waals surface area contributed by atoms with Gasteiger partial charge in [-0.05, 0) is 30.9 Å². The van der Waals surface area contributed by atoms with Crippen molar-refractivity contribution in [3.8, 4) is 0 Å². The Balaban J connectivity index is 1.74. The molecule has 2 aromatic rings. The van der Waals surface area contributed by atoms with Crippen LogP contribution in [0.2, 0.25) is 0 Å². The summed E-state index contributed by atoms with van der Waals surface area (Å²) in [6.45, 7) is 5.83. The number of carbonyl (C=O) groups is 2. The van der Waals surface area contributed by atoms with Crippen LogP contribution in [0.15, 0.2) is 28.9 Å². The minimum Gasteiger partial charge on any atom is -0.455 e. The Morgan fingerprint density at radius 2 is 1.88 bits per heavy atom. The predicted molar refractivity (Wildman–Crippen MR) is 89.7 cm³/mol. The molecule has 0 fully saturated rings. The van der Waals surface area contributed by atoms with Crippen LogP contribution in [0.3, 0.4) is 0 Å². The molecule has 3 rings (SSSR count). The molecule has 0 bridgehead atoms. The molecule has 0 aromatic carbocycles. The summed E-state index contributed by atoms with van der Waals surface area (Å²) in [7, 11) is 0. The third-order valence-corrected chi connectivity index (χ3v) is 4.43. The lowest BCUT2D eigenvalue weighted by atomic mass is 9.75.